The highest BCUT2D eigenvalue weighted by molar-refractivity contribution is 6.05. The van der Waals surface area contributed by atoms with Gasteiger partial charge in [0.05, 0.1) is 49.0 Å². The van der Waals surface area contributed by atoms with Gasteiger partial charge in [-0.15, -0.1) is 0 Å². The molecule has 0 aliphatic carbocycles. The van der Waals surface area contributed by atoms with Crippen LogP contribution in [0, 0.1) is 12.7 Å². The van der Waals surface area contributed by atoms with Crippen molar-refractivity contribution in [1.29, 1.82) is 0 Å². The van der Waals surface area contributed by atoms with Crippen molar-refractivity contribution in [3.05, 3.63) is 77.1 Å². The highest BCUT2D eigenvalue weighted by Crippen LogP contribution is 2.40. The van der Waals surface area contributed by atoms with Crippen LogP contribution in [0.3, 0.4) is 0 Å². The van der Waals surface area contributed by atoms with E-state index >= 15 is 4.39 Å². The summed E-state index contributed by atoms with van der Waals surface area (Å²) in [5.41, 5.74) is 5.25. The predicted molar refractivity (Wildman–Crippen MR) is 232 cm³/mol. The average Bonchev–Trinajstić information content (AvgIpc) is 3.24. The quantitative estimate of drug-likeness (QED) is 0.258. The number of piperazine rings is 1. The number of fused-ring (bicyclic) bond motifs is 2. The molecule has 0 radical (unpaired) electrons. The zero-order valence-electron chi connectivity index (χ0n) is 35.9. The van der Waals surface area contributed by atoms with Gasteiger partial charge in [0.25, 0.3) is 0 Å². The van der Waals surface area contributed by atoms with Crippen molar-refractivity contribution < 1.29 is 33.0 Å². The number of rotatable bonds is 8. The van der Waals surface area contributed by atoms with Gasteiger partial charge in [0.1, 0.15) is 29.5 Å². The molecule has 3 saturated heterocycles. The number of anilines is 6. The zero-order valence-corrected chi connectivity index (χ0v) is 35.9. The number of amides is 5. The predicted octanol–water partition coefficient (Wildman–Crippen LogP) is 4.18. The number of urea groups is 1. The van der Waals surface area contributed by atoms with Gasteiger partial charge in [0, 0.05) is 82.3 Å². The van der Waals surface area contributed by atoms with E-state index in [1.807, 2.05) is 38.7 Å². The number of nitrogens with one attached hydrogen (secondary N) is 2. The maximum Gasteiger partial charge on any atom is 0.415 e. The van der Waals surface area contributed by atoms with Crippen LogP contribution in [-0.4, -0.2) is 131 Å². The van der Waals surface area contributed by atoms with Crippen molar-refractivity contribution in [3.8, 4) is 5.88 Å². The molecule has 63 heavy (non-hydrogen) atoms. The molecule has 0 spiro atoms. The minimum Gasteiger partial charge on any atom is -0.474 e. The first-order chi connectivity index (χ1) is 30.3. The van der Waals surface area contributed by atoms with E-state index in [1.165, 1.54) is 11.0 Å². The fourth-order valence-corrected chi connectivity index (χ4v) is 8.63. The maximum absolute atomic E-state index is 15.5. The lowest BCUT2D eigenvalue weighted by atomic mass is 10.0. The Labute approximate surface area is 364 Å². The maximum atomic E-state index is 15.5. The number of hydrogen-bond donors (Lipinski definition) is 2. The Morgan fingerprint density at radius 1 is 0.937 bits per heavy atom. The van der Waals surface area contributed by atoms with Gasteiger partial charge >= 0.3 is 12.1 Å². The van der Waals surface area contributed by atoms with Gasteiger partial charge in [0.15, 0.2) is 0 Å². The molecule has 0 atom stereocenters. The number of benzene rings is 1. The van der Waals surface area contributed by atoms with Crippen LogP contribution in [0.4, 0.5) is 48.5 Å². The summed E-state index contributed by atoms with van der Waals surface area (Å²) in [4.78, 5) is 80.2. The molecule has 4 aromatic rings. The lowest BCUT2D eigenvalue weighted by Gasteiger charge is -2.49. The third-order valence-corrected chi connectivity index (χ3v) is 12.1. The fraction of sp³-hybridized carbons (Fsp3) is 0.455. The van der Waals surface area contributed by atoms with Crippen molar-refractivity contribution in [2.45, 2.75) is 65.1 Å². The minimum absolute atomic E-state index is 0.0362. The summed E-state index contributed by atoms with van der Waals surface area (Å²) in [5.74, 6) is 0.352. The zero-order chi connectivity index (χ0) is 44.0. The smallest absolute Gasteiger partial charge is 0.415 e. The number of nitrogens with zero attached hydrogens (tertiary/aromatic N) is 10. The lowest BCUT2D eigenvalue weighted by Crippen LogP contribution is -2.63. The number of imide groups is 1. The van der Waals surface area contributed by atoms with Gasteiger partial charge in [-0.05, 0) is 69.5 Å². The van der Waals surface area contributed by atoms with Crippen LogP contribution < -0.4 is 35.0 Å². The molecule has 2 N–H and O–H groups in total. The first-order valence-electron chi connectivity index (χ1n) is 21.4. The van der Waals surface area contributed by atoms with Gasteiger partial charge in [-0.3, -0.25) is 29.6 Å². The van der Waals surface area contributed by atoms with Crippen LogP contribution in [0.15, 0.2) is 48.9 Å². The fourth-order valence-electron chi connectivity index (χ4n) is 8.63. The van der Waals surface area contributed by atoms with Crippen LogP contribution in [0.5, 0.6) is 5.88 Å². The van der Waals surface area contributed by atoms with E-state index in [-0.39, 0.29) is 24.7 Å². The van der Waals surface area contributed by atoms with Gasteiger partial charge in [-0.25, -0.2) is 33.9 Å². The van der Waals surface area contributed by atoms with Crippen LogP contribution >= 0.6 is 0 Å². The molecular formula is C44H51FN12O6. The van der Waals surface area contributed by atoms with Gasteiger partial charge < -0.3 is 29.5 Å². The molecule has 3 fully saturated rings. The number of halogens is 1. The Kier molecular flexibility index (Phi) is 11.2. The second-order valence-electron chi connectivity index (χ2n) is 17.5. The molecule has 1 aromatic carbocycles. The molecular weight excluding hydrogens is 812 g/mol. The van der Waals surface area contributed by atoms with Gasteiger partial charge in [-0.2, -0.15) is 0 Å². The molecule has 5 aliphatic rings. The molecule has 5 aliphatic heterocycles. The molecule has 330 valence electrons. The Morgan fingerprint density at radius 3 is 2.48 bits per heavy atom. The highest BCUT2D eigenvalue weighted by Gasteiger charge is 2.36. The lowest BCUT2D eigenvalue weighted by molar-refractivity contribution is -0.132. The van der Waals surface area contributed by atoms with E-state index in [9.17, 15) is 19.2 Å². The van der Waals surface area contributed by atoms with Crippen LogP contribution in [-0.2, 0) is 33.7 Å². The van der Waals surface area contributed by atoms with E-state index in [1.54, 1.807) is 41.7 Å². The van der Waals surface area contributed by atoms with Crippen LogP contribution in [0.25, 0.3) is 0 Å². The Morgan fingerprint density at radius 2 is 1.75 bits per heavy atom. The van der Waals surface area contributed by atoms with Crippen molar-refractivity contribution in [1.82, 2.24) is 35.1 Å². The van der Waals surface area contributed by atoms with E-state index < -0.39 is 23.5 Å². The van der Waals surface area contributed by atoms with E-state index in [0.717, 1.165) is 54.4 Å². The van der Waals surface area contributed by atoms with Crippen molar-refractivity contribution in [2.75, 3.05) is 90.4 Å². The number of hydrogen-bond acceptors (Lipinski definition) is 14. The monoisotopic (exact) mass is 862 g/mol. The largest absolute Gasteiger partial charge is 0.474 e. The molecule has 19 heteroatoms. The number of carbonyl (C=O) groups excluding carboxylic acids is 4. The molecule has 3 aromatic heterocycles. The summed E-state index contributed by atoms with van der Waals surface area (Å²) < 4.78 is 27.0. The number of carbonyl (C=O) groups is 4. The van der Waals surface area contributed by atoms with E-state index in [2.05, 4.69) is 40.3 Å². The number of aromatic nitrogens is 4. The number of pyridine rings is 2. The normalized spacial score (nSPS) is 18.3. The SMILES string of the molecule is Cc1c(N2CCc3cnc(Nc4ccc(CC(=O)N5CCN(C6CN(c7ccc(N8CCC(=O)NC8=O)nc7)C6)CC5)c(F)c4)nc3C2)cnc2c1N(C(=O)OC(C)(C)C)CCO2. The minimum atomic E-state index is -0.651. The summed E-state index contributed by atoms with van der Waals surface area (Å²) >= 11 is 0. The Balaban J connectivity index is 0.761. The molecule has 0 unspecified atom stereocenters. The first-order valence-corrected chi connectivity index (χ1v) is 21.4. The standard InChI is InChI=1S/C44H51FN12O6/c1-27-35(23-47-40-39(27)57(17-18-62-40)43(61)63-44(2,3)4)54-11-9-29-21-48-41(50-34(29)26-54)49-30-6-5-28(33(45)20-30)19-38(59)53-15-13-52(14-16-53)32-24-55(25-32)31-7-8-36(46-22-31)56-12-10-37(58)51-42(56)60/h5-8,20-23,32H,9-19,24-26H2,1-4H3,(H,48,49,50)(H,51,58,60). The molecule has 5 amide bonds. The summed E-state index contributed by atoms with van der Waals surface area (Å²) in [6, 6.07) is 8.36. The third kappa shape index (κ3) is 8.87. The van der Waals surface area contributed by atoms with E-state index in [4.69, 9.17) is 14.5 Å². The molecule has 9 rings (SSSR count). The number of ether oxygens (including phenoxy) is 2. The first kappa shape index (κ1) is 41.7. The molecule has 18 nitrogen and oxygen atoms in total. The van der Waals surface area contributed by atoms with Gasteiger partial charge in [0.2, 0.25) is 23.6 Å². The van der Waals surface area contributed by atoms with Crippen LogP contribution in [0.2, 0.25) is 0 Å². The summed E-state index contributed by atoms with van der Waals surface area (Å²) in [7, 11) is 0. The van der Waals surface area contributed by atoms with Crippen molar-refractivity contribution in [3.63, 3.8) is 0 Å². The highest BCUT2D eigenvalue weighted by atomic mass is 19.1. The average molecular weight is 863 g/mol. The van der Waals surface area contributed by atoms with E-state index in [0.29, 0.717) is 92.9 Å². The second kappa shape index (κ2) is 16.9. The molecule has 8 heterocycles. The van der Waals surface area contributed by atoms with Crippen LogP contribution in [0.1, 0.15) is 49.6 Å². The Hall–Kier alpha value is -6.63. The van der Waals surface area contributed by atoms with Crippen molar-refractivity contribution in [2.24, 2.45) is 0 Å². The van der Waals surface area contributed by atoms with Crippen molar-refractivity contribution >= 4 is 58.5 Å². The molecule has 0 saturated carbocycles. The van der Waals surface area contributed by atoms with Gasteiger partial charge in [-0.1, -0.05) is 6.07 Å². The topological polar surface area (TPSA) is 182 Å². The second-order valence-corrected chi connectivity index (χ2v) is 17.5. The Bertz CT molecular complexity index is 2430. The third-order valence-electron chi connectivity index (χ3n) is 12.1. The summed E-state index contributed by atoms with van der Waals surface area (Å²) in [6.07, 6.45) is 5.78. The molecule has 0 bridgehead atoms. The summed E-state index contributed by atoms with van der Waals surface area (Å²) in [6.45, 7) is 13.9. The summed E-state index contributed by atoms with van der Waals surface area (Å²) in [5, 5.41) is 5.46.